The fraction of sp³-hybridized carbons (Fsp3) is 0.650. The summed E-state index contributed by atoms with van der Waals surface area (Å²) in [5.74, 6) is 0.128. The number of methoxy groups -OCH3 is 1. The average Bonchev–Trinajstić information content (AvgIpc) is 2.65. The number of amides is 1. The van der Waals surface area contributed by atoms with Crippen LogP contribution in [0.4, 0.5) is 13.2 Å². The monoisotopic (exact) mass is 385 g/mol. The number of carbonyl (C=O) groups is 1. The molecule has 1 aliphatic carbocycles. The van der Waals surface area contributed by atoms with E-state index < -0.39 is 17.8 Å². The average molecular weight is 385 g/mol. The Kier molecular flexibility index (Phi) is 6.42. The molecule has 1 aromatic rings. The van der Waals surface area contributed by atoms with Crippen LogP contribution >= 0.6 is 0 Å². The molecule has 27 heavy (non-hydrogen) atoms. The van der Waals surface area contributed by atoms with Crippen LogP contribution in [0.15, 0.2) is 24.3 Å². The summed E-state index contributed by atoms with van der Waals surface area (Å²) >= 11 is 0. The summed E-state index contributed by atoms with van der Waals surface area (Å²) in [5, 5.41) is 3.08. The Balaban J connectivity index is 1.77. The van der Waals surface area contributed by atoms with Gasteiger partial charge in [-0.05, 0) is 37.0 Å². The first-order valence-electron chi connectivity index (χ1n) is 9.49. The first-order valence-corrected chi connectivity index (χ1v) is 9.49. The zero-order valence-corrected chi connectivity index (χ0v) is 15.4. The molecule has 1 N–H and O–H groups in total. The Morgan fingerprint density at radius 3 is 2.81 bits per heavy atom. The van der Waals surface area contributed by atoms with Crippen LogP contribution in [0.25, 0.3) is 0 Å². The molecule has 0 bridgehead atoms. The van der Waals surface area contributed by atoms with Gasteiger partial charge in [0, 0.05) is 25.5 Å². The summed E-state index contributed by atoms with van der Waals surface area (Å²) in [4.78, 5) is 12.2. The standard InChI is InChI=1S/C20H26F3NO3/c1-26-10-9-19(25)24-16-12-18(27-17-8-3-2-7-15(16)17)13-5-4-6-14(11-13)20(21,22)23/h4-6,11,15-18H,2-3,7-10,12H2,1H3,(H,24,25)/t15-,16+,17+,18+/m0/s1. The van der Waals surface area contributed by atoms with Crippen LogP contribution in [0.3, 0.4) is 0 Å². The SMILES string of the molecule is COCCC(=O)N[C@@H]1C[C@H](c2cccc(C(F)(F)F)c2)O[C@@H]2CCCC[C@@H]12. The van der Waals surface area contributed by atoms with Crippen LogP contribution in [0.5, 0.6) is 0 Å². The highest BCUT2D eigenvalue weighted by molar-refractivity contribution is 5.76. The lowest BCUT2D eigenvalue weighted by atomic mass is 9.76. The Morgan fingerprint density at radius 2 is 2.07 bits per heavy atom. The van der Waals surface area contributed by atoms with E-state index in [1.54, 1.807) is 13.2 Å². The largest absolute Gasteiger partial charge is 0.416 e. The second-order valence-electron chi connectivity index (χ2n) is 7.39. The van der Waals surface area contributed by atoms with Crippen molar-refractivity contribution in [3.8, 4) is 0 Å². The van der Waals surface area contributed by atoms with Crippen LogP contribution in [0, 0.1) is 5.92 Å². The molecule has 7 heteroatoms. The Bertz CT molecular complexity index is 650. The van der Waals surface area contributed by atoms with E-state index in [0.29, 0.717) is 18.6 Å². The summed E-state index contributed by atoms with van der Waals surface area (Å²) in [6, 6.07) is 5.23. The third-order valence-electron chi connectivity index (χ3n) is 5.54. The van der Waals surface area contributed by atoms with E-state index in [2.05, 4.69) is 5.32 Å². The third kappa shape index (κ3) is 5.02. The maximum atomic E-state index is 13.1. The summed E-state index contributed by atoms with van der Waals surface area (Å²) < 4.78 is 50.3. The van der Waals surface area contributed by atoms with E-state index in [-0.39, 0.29) is 30.4 Å². The van der Waals surface area contributed by atoms with Gasteiger partial charge >= 0.3 is 6.18 Å². The van der Waals surface area contributed by atoms with E-state index in [0.717, 1.165) is 37.8 Å². The third-order valence-corrected chi connectivity index (χ3v) is 5.54. The fourth-order valence-electron chi connectivity index (χ4n) is 4.20. The lowest BCUT2D eigenvalue weighted by Gasteiger charge is -2.45. The summed E-state index contributed by atoms with van der Waals surface area (Å²) in [6.07, 6.45) is -0.116. The normalized spacial score (nSPS) is 28.4. The number of rotatable bonds is 5. The number of hydrogen-bond acceptors (Lipinski definition) is 3. The minimum atomic E-state index is -4.38. The highest BCUT2D eigenvalue weighted by atomic mass is 19.4. The molecule has 0 aromatic heterocycles. The quantitative estimate of drug-likeness (QED) is 0.824. The number of ether oxygens (including phenoxy) is 2. The van der Waals surface area contributed by atoms with Crippen LogP contribution in [-0.2, 0) is 20.4 Å². The molecule has 1 saturated heterocycles. The summed E-state index contributed by atoms with van der Waals surface area (Å²) in [6.45, 7) is 0.347. The van der Waals surface area contributed by atoms with E-state index in [1.165, 1.54) is 6.07 Å². The van der Waals surface area contributed by atoms with Gasteiger partial charge in [-0.2, -0.15) is 13.2 Å². The lowest BCUT2D eigenvalue weighted by Crippen LogP contribution is -2.51. The topological polar surface area (TPSA) is 47.6 Å². The van der Waals surface area contributed by atoms with Crippen molar-refractivity contribution in [3.05, 3.63) is 35.4 Å². The van der Waals surface area contributed by atoms with Gasteiger partial charge in [-0.1, -0.05) is 25.0 Å². The van der Waals surface area contributed by atoms with Gasteiger partial charge in [0.15, 0.2) is 0 Å². The molecule has 1 heterocycles. The highest BCUT2D eigenvalue weighted by Crippen LogP contribution is 2.42. The highest BCUT2D eigenvalue weighted by Gasteiger charge is 2.41. The molecule has 0 radical (unpaired) electrons. The summed E-state index contributed by atoms with van der Waals surface area (Å²) in [5.41, 5.74) is -0.153. The van der Waals surface area contributed by atoms with Crippen molar-refractivity contribution in [1.82, 2.24) is 5.32 Å². The number of benzene rings is 1. The Morgan fingerprint density at radius 1 is 1.30 bits per heavy atom. The van der Waals surface area contributed by atoms with Crippen molar-refractivity contribution in [2.24, 2.45) is 5.92 Å². The Labute approximate surface area is 157 Å². The van der Waals surface area contributed by atoms with Crippen LogP contribution in [0.2, 0.25) is 0 Å². The van der Waals surface area contributed by atoms with Crippen LogP contribution in [-0.4, -0.2) is 31.8 Å². The number of carbonyl (C=O) groups excluding carboxylic acids is 1. The molecule has 0 spiro atoms. The molecule has 0 unspecified atom stereocenters. The molecule has 4 nitrogen and oxygen atoms in total. The predicted octanol–water partition coefficient (Wildman–Crippen LogP) is 4.25. The van der Waals surface area contributed by atoms with Crippen molar-refractivity contribution in [3.63, 3.8) is 0 Å². The summed E-state index contributed by atoms with van der Waals surface area (Å²) in [7, 11) is 1.54. The smallest absolute Gasteiger partial charge is 0.384 e. The predicted molar refractivity (Wildman–Crippen MR) is 94.1 cm³/mol. The molecule has 1 aromatic carbocycles. The minimum Gasteiger partial charge on any atom is -0.384 e. The van der Waals surface area contributed by atoms with E-state index in [4.69, 9.17) is 9.47 Å². The zero-order valence-electron chi connectivity index (χ0n) is 15.4. The van der Waals surface area contributed by atoms with Crippen molar-refractivity contribution in [2.45, 2.75) is 63.0 Å². The van der Waals surface area contributed by atoms with Gasteiger partial charge in [0.05, 0.1) is 24.4 Å². The number of fused-ring (bicyclic) bond motifs is 1. The molecule has 1 saturated carbocycles. The molecule has 4 atom stereocenters. The number of halogens is 3. The molecule has 150 valence electrons. The van der Waals surface area contributed by atoms with Crippen LogP contribution < -0.4 is 5.32 Å². The van der Waals surface area contributed by atoms with Crippen LogP contribution in [0.1, 0.15) is 55.8 Å². The zero-order chi connectivity index (χ0) is 19.4. The number of nitrogens with one attached hydrogen (secondary N) is 1. The molecule has 1 amide bonds. The molecule has 2 aliphatic rings. The van der Waals surface area contributed by atoms with Crippen molar-refractivity contribution < 1.29 is 27.4 Å². The lowest BCUT2D eigenvalue weighted by molar-refractivity contribution is -0.138. The fourth-order valence-corrected chi connectivity index (χ4v) is 4.20. The minimum absolute atomic E-state index is 0.0280. The maximum absolute atomic E-state index is 13.1. The van der Waals surface area contributed by atoms with E-state index >= 15 is 0 Å². The van der Waals surface area contributed by atoms with Crippen molar-refractivity contribution in [2.75, 3.05) is 13.7 Å². The van der Waals surface area contributed by atoms with Gasteiger partial charge in [-0.25, -0.2) is 0 Å². The van der Waals surface area contributed by atoms with E-state index in [1.807, 2.05) is 0 Å². The number of alkyl halides is 3. The Hall–Kier alpha value is -1.60. The maximum Gasteiger partial charge on any atom is 0.416 e. The van der Waals surface area contributed by atoms with Gasteiger partial charge in [-0.3, -0.25) is 4.79 Å². The molecular formula is C20H26F3NO3. The van der Waals surface area contributed by atoms with Gasteiger partial charge in [-0.15, -0.1) is 0 Å². The second-order valence-corrected chi connectivity index (χ2v) is 7.39. The second kappa shape index (κ2) is 8.61. The molecular weight excluding hydrogens is 359 g/mol. The number of hydrogen-bond donors (Lipinski definition) is 1. The van der Waals surface area contributed by atoms with Crippen molar-refractivity contribution >= 4 is 5.91 Å². The molecule has 2 fully saturated rings. The van der Waals surface area contributed by atoms with Gasteiger partial charge in [0.1, 0.15) is 0 Å². The van der Waals surface area contributed by atoms with Gasteiger partial charge < -0.3 is 14.8 Å². The molecule has 1 aliphatic heterocycles. The van der Waals surface area contributed by atoms with Gasteiger partial charge in [0.25, 0.3) is 0 Å². The van der Waals surface area contributed by atoms with E-state index in [9.17, 15) is 18.0 Å². The first kappa shape index (κ1) is 20.1. The first-order chi connectivity index (χ1) is 12.9. The molecule has 3 rings (SSSR count). The van der Waals surface area contributed by atoms with Crippen molar-refractivity contribution in [1.29, 1.82) is 0 Å². The van der Waals surface area contributed by atoms with Gasteiger partial charge in [0.2, 0.25) is 5.91 Å².